The normalized spacial score (nSPS) is 24.6. The number of aromatic nitrogens is 2. The highest BCUT2D eigenvalue weighted by molar-refractivity contribution is 9.10. The second-order valence-corrected chi connectivity index (χ2v) is 5.14. The monoisotopic (exact) mass is 301 g/mol. The zero-order valence-electron chi connectivity index (χ0n) is 9.94. The van der Waals surface area contributed by atoms with E-state index in [1.807, 2.05) is 0 Å². The predicted molar refractivity (Wildman–Crippen MR) is 69.2 cm³/mol. The Hall–Kier alpha value is -0.880. The van der Waals surface area contributed by atoms with Crippen LogP contribution in [0.3, 0.4) is 0 Å². The third kappa shape index (κ3) is 2.87. The molecule has 0 aliphatic carbocycles. The Kier molecular flexibility index (Phi) is 3.83. The lowest BCUT2D eigenvalue weighted by atomic mass is 10.0. The van der Waals surface area contributed by atoms with Crippen molar-refractivity contribution in [3.05, 3.63) is 21.0 Å². The van der Waals surface area contributed by atoms with E-state index in [0.717, 1.165) is 25.1 Å². The first-order chi connectivity index (χ1) is 8.08. The van der Waals surface area contributed by atoms with Crippen LogP contribution in [0.1, 0.15) is 19.8 Å². The fourth-order valence-electron chi connectivity index (χ4n) is 1.96. The highest BCUT2D eigenvalue weighted by Crippen LogP contribution is 2.22. The van der Waals surface area contributed by atoms with Gasteiger partial charge in [-0.15, -0.1) is 0 Å². The summed E-state index contributed by atoms with van der Waals surface area (Å²) in [6.07, 6.45) is 3.83. The van der Waals surface area contributed by atoms with E-state index >= 15 is 0 Å². The van der Waals surface area contributed by atoms with Crippen LogP contribution < -0.4 is 10.9 Å². The van der Waals surface area contributed by atoms with E-state index in [4.69, 9.17) is 4.74 Å². The minimum absolute atomic E-state index is 0.130. The summed E-state index contributed by atoms with van der Waals surface area (Å²) in [5.74, 6) is 0. The van der Waals surface area contributed by atoms with Crippen molar-refractivity contribution in [3.63, 3.8) is 0 Å². The highest BCUT2D eigenvalue weighted by Gasteiger charge is 2.20. The minimum Gasteiger partial charge on any atom is -0.380 e. The number of ether oxygens (including phenoxy) is 1. The highest BCUT2D eigenvalue weighted by atomic mass is 79.9. The maximum absolute atomic E-state index is 11.7. The molecule has 0 saturated carbocycles. The van der Waals surface area contributed by atoms with Gasteiger partial charge in [0, 0.05) is 19.7 Å². The molecule has 2 heterocycles. The van der Waals surface area contributed by atoms with E-state index in [9.17, 15) is 4.79 Å². The van der Waals surface area contributed by atoms with Gasteiger partial charge >= 0.3 is 0 Å². The number of hydrogen-bond donors (Lipinski definition) is 1. The molecule has 6 heteroatoms. The zero-order chi connectivity index (χ0) is 12.4. The molecule has 2 unspecified atom stereocenters. The lowest BCUT2D eigenvalue weighted by molar-refractivity contribution is 0.0232. The molecular formula is C11H16BrN3O2. The molecule has 1 aliphatic heterocycles. The zero-order valence-corrected chi connectivity index (χ0v) is 11.5. The van der Waals surface area contributed by atoms with E-state index in [1.165, 1.54) is 4.68 Å². The van der Waals surface area contributed by atoms with Crippen LogP contribution in [-0.4, -0.2) is 28.5 Å². The number of nitrogens with one attached hydrogen (secondary N) is 1. The summed E-state index contributed by atoms with van der Waals surface area (Å²) in [4.78, 5) is 11.7. The van der Waals surface area contributed by atoms with Gasteiger partial charge in [0.1, 0.15) is 4.47 Å². The first-order valence-corrected chi connectivity index (χ1v) is 6.47. The van der Waals surface area contributed by atoms with E-state index in [2.05, 4.69) is 33.3 Å². The molecule has 0 radical (unpaired) electrons. The summed E-state index contributed by atoms with van der Waals surface area (Å²) in [5.41, 5.74) is 0.627. The maximum atomic E-state index is 11.7. The van der Waals surface area contributed by atoms with Crippen molar-refractivity contribution in [2.75, 3.05) is 11.9 Å². The fourth-order valence-corrected chi connectivity index (χ4v) is 2.43. The van der Waals surface area contributed by atoms with Crippen molar-refractivity contribution >= 4 is 21.6 Å². The molecule has 1 aliphatic rings. The van der Waals surface area contributed by atoms with Crippen LogP contribution >= 0.6 is 15.9 Å². The van der Waals surface area contributed by atoms with Crippen LogP contribution in [-0.2, 0) is 11.8 Å². The number of nitrogens with zero attached hydrogens (tertiary/aromatic N) is 2. The summed E-state index contributed by atoms with van der Waals surface area (Å²) in [6, 6.07) is 0.337. The molecule has 0 bridgehead atoms. The lowest BCUT2D eigenvalue weighted by Gasteiger charge is -2.28. The second kappa shape index (κ2) is 5.18. The molecular weight excluding hydrogens is 286 g/mol. The SMILES string of the molecule is CC1CC(Nc2cnn(C)c(=O)c2Br)CCO1. The molecule has 2 atom stereocenters. The molecule has 0 amide bonds. The first-order valence-electron chi connectivity index (χ1n) is 5.68. The summed E-state index contributed by atoms with van der Waals surface area (Å²) in [6.45, 7) is 2.82. The smallest absolute Gasteiger partial charge is 0.282 e. The fraction of sp³-hybridized carbons (Fsp3) is 0.636. The van der Waals surface area contributed by atoms with Crippen LogP contribution in [0.25, 0.3) is 0 Å². The molecule has 1 aromatic heterocycles. The van der Waals surface area contributed by atoms with E-state index in [0.29, 0.717) is 10.5 Å². The molecule has 0 aromatic carbocycles. The van der Waals surface area contributed by atoms with Crippen LogP contribution in [0, 0.1) is 0 Å². The van der Waals surface area contributed by atoms with Crippen molar-refractivity contribution in [1.29, 1.82) is 0 Å². The molecule has 5 nitrogen and oxygen atoms in total. The molecule has 1 saturated heterocycles. The Morgan fingerprint density at radius 2 is 2.41 bits per heavy atom. The third-order valence-electron chi connectivity index (χ3n) is 2.92. The standard InChI is InChI=1S/C11H16BrN3O2/c1-7-5-8(3-4-17-7)14-9-6-13-15(2)11(16)10(9)12/h6-8,14H,3-5H2,1-2H3. The van der Waals surface area contributed by atoms with Gasteiger partial charge in [0.05, 0.1) is 18.0 Å². The molecule has 0 spiro atoms. The Bertz CT molecular complexity index is 461. The average molecular weight is 302 g/mol. The molecule has 94 valence electrons. The van der Waals surface area contributed by atoms with Gasteiger partial charge in [0.2, 0.25) is 0 Å². The van der Waals surface area contributed by atoms with E-state index < -0.39 is 0 Å². The first kappa shape index (κ1) is 12.6. The van der Waals surface area contributed by atoms with Crippen molar-refractivity contribution < 1.29 is 4.74 Å². The van der Waals surface area contributed by atoms with Crippen LogP contribution in [0.2, 0.25) is 0 Å². The van der Waals surface area contributed by atoms with Gasteiger partial charge in [-0.1, -0.05) is 0 Å². The summed E-state index contributed by atoms with van der Waals surface area (Å²) < 4.78 is 7.33. The van der Waals surface area contributed by atoms with Gasteiger partial charge in [0.25, 0.3) is 5.56 Å². The summed E-state index contributed by atoms with van der Waals surface area (Å²) >= 11 is 3.31. The van der Waals surface area contributed by atoms with Gasteiger partial charge in [-0.2, -0.15) is 5.10 Å². The number of halogens is 1. The number of aryl methyl sites for hydroxylation is 1. The quantitative estimate of drug-likeness (QED) is 0.900. The Labute approximate surface area is 108 Å². The van der Waals surface area contributed by atoms with Gasteiger partial charge in [-0.25, -0.2) is 4.68 Å². The van der Waals surface area contributed by atoms with Gasteiger partial charge in [-0.3, -0.25) is 4.79 Å². The second-order valence-electron chi connectivity index (χ2n) is 4.35. The third-order valence-corrected chi connectivity index (χ3v) is 3.69. The van der Waals surface area contributed by atoms with Crippen LogP contribution in [0.5, 0.6) is 0 Å². The van der Waals surface area contributed by atoms with Crippen molar-refractivity contribution in [2.24, 2.45) is 7.05 Å². The van der Waals surface area contributed by atoms with E-state index in [1.54, 1.807) is 13.2 Å². The number of hydrogen-bond acceptors (Lipinski definition) is 4. The maximum Gasteiger partial charge on any atom is 0.282 e. The minimum atomic E-state index is -0.130. The summed E-state index contributed by atoms with van der Waals surface area (Å²) in [5, 5.41) is 7.35. The molecule has 1 fully saturated rings. The molecule has 2 rings (SSSR count). The summed E-state index contributed by atoms with van der Waals surface area (Å²) in [7, 11) is 1.63. The van der Waals surface area contributed by atoms with Gasteiger partial charge in [-0.05, 0) is 35.7 Å². The molecule has 1 N–H and O–H groups in total. The Morgan fingerprint density at radius 3 is 3.12 bits per heavy atom. The Morgan fingerprint density at radius 1 is 1.65 bits per heavy atom. The van der Waals surface area contributed by atoms with Crippen molar-refractivity contribution in [3.8, 4) is 0 Å². The van der Waals surface area contributed by atoms with Gasteiger partial charge < -0.3 is 10.1 Å². The van der Waals surface area contributed by atoms with Crippen LogP contribution in [0.4, 0.5) is 5.69 Å². The van der Waals surface area contributed by atoms with Crippen molar-refractivity contribution in [1.82, 2.24) is 9.78 Å². The topological polar surface area (TPSA) is 56.2 Å². The predicted octanol–water partition coefficient (Wildman–Crippen LogP) is 1.52. The average Bonchev–Trinajstić information content (AvgIpc) is 2.30. The van der Waals surface area contributed by atoms with Crippen molar-refractivity contribution in [2.45, 2.75) is 31.9 Å². The number of rotatable bonds is 2. The lowest BCUT2D eigenvalue weighted by Crippen LogP contribution is -2.33. The Balaban J connectivity index is 2.13. The molecule has 1 aromatic rings. The van der Waals surface area contributed by atoms with Crippen LogP contribution in [0.15, 0.2) is 15.5 Å². The molecule has 17 heavy (non-hydrogen) atoms. The van der Waals surface area contributed by atoms with E-state index in [-0.39, 0.29) is 11.7 Å². The van der Waals surface area contributed by atoms with Gasteiger partial charge in [0.15, 0.2) is 0 Å². The largest absolute Gasteiger partial charge is 0.380 e. The number of anilines is 1.